The van der Waals surface area contributed by atoms with E-state index in [1.807, 2.05) is 6.92 Å². The molecule has 0 aliphatic heterocycles. The molecule has 0 radical (unpaired) electrons. The number of Topliss-reactive ketones (excluding diaryl/α,β-unsaturated/α-hetero) is 1. The van der Waals surface area contributed by atoms with Crippen LogP contribution in [0.2, 0.25) is 0 Å². The summed E-state index contributed by atoms with van der Waals surface area (Å²) in [7, 11) is 0. The lowest BCUT2D eigenvalue weighted by Gasteiger charge is -2.24. The van der Waals surface area contributed by atoms with Crippen molar-refractivity contribution in [3.05, 3.63) is 32.6 Å². The van der Waals surface area contributed by atoms with Gasteiger partial charge in [0.15, 0.2) is 5.78 Å². The lowest BCUT2D eigenvalue weighted by molar-refractivity contribution is 0.0854. The van der Waals surface area contributed by atoms with Gasteiger partial charge in [-0.25, -0.2) is 0 Å². The van der Waals surface area contributed by atoms with Crippen molar-refractivity contribution in [2.45, 2.75) is 26.2 Å². The van der Waals surface area contributed by atoms with Crippen molar-refractivity contribution in [2.75, 3.05) is 0 Å². The van der Waals surface area contributed by atoms with E-state index < -0.39 is 0 Å². The molecule has 3 nitrogen and oxygen atoms in total. The lowest BCUT2D eigenvalue weighted by Crippen LogP contribution is -2.22. The van der Waals surface area contributed by atoms with E-state index in [0.717, 1.165) is 29.3 Å². The number of halogens is 1. The zero-order chi connectivity index (χ0) is 11.7. The van der Waals surface area contributed by atoms with E-state index in [4.69, 9.17) is 0 Å². The van der Waals surface area contributed by atoms with Crippen molar-refractivity contribution in [3.63, 3.8) is 0 Å². The monoisotopic (exact) mass is 281 g/mol. The highest BCUT2D eigenvalue weighted by atomic mass is 79.9. The van der Waals surface area contributed by atoms with Crippen LogP contribution in [0.15, 0.2) is 21.8 Å². The highest BCUT2D eigenvalue weighted by Gasteiger charge is 2.28. The molecule has 1 aromatic carbocycles. The van der Waals surface area contributed by atoms with Crippen LogP contribution in [0, 0.1) is 17.7 Å². The van der Waals surface area contributed by atoms with Crippen LogP contribution in [0.1, 0.15) is 35.2 Å². The van der Waals surface area contributed by atoms with Crippen molar-refractivity contribution < 1.29 is 4.79 Å². The van der Waals surface area contributed by atoms with Crippen molar-refractivity contribution in [2.24, 2.45) is 11.1 Å². The van der Waals surface area contributed by atoms with E-state index in [-0.39, 0.29) is 11.7 Å². The quantitative estimate of drug-likeness (QED) is 0.618. The fraction of sp³-hybridized carbons (Fsp3) is 0.417. The first kappa shape index (κ1) is 11.5. The highest BCUT2D eigenvalue weighted by molar-refractivity contribution is 9.10. The number of nitrogens with zero attached hydrogens (tertiary/aromatic N) is 1. The number of nitroso groups, excluding NO2 is 1. The zero-order valence-corrected chi connectivity index (χ0v) is 10.6. The van der Waals surface area contributed by atoms with Gasteiger partial charge in [0.25, 0.3) is 0 Å². The summed E-state index contributed by atoms with van der Waals surface area (Å²) < 4.78 is 0.789. The minimum Gasteiger partial charge on any atom is -0.294 e. The first-order valence-electron chi connectivity index (χ1n) is 5.31. The Morgan fingerprint density at radius 3 is 2.62 bits per heavy atom. The van der Waals surface area contributed by atoms with Crippen molar-refractivity contribution >= 4 is 27.4 Å². The van der Waals surface area contributed by atoms with Crippen LogP contribution in [-0.4, -0.2) is 5.78 Å². The maximum absolute atomic E-state index is 12.1. The van der Waals surface area contributed by atoms with E-state index in [0.29, 0.717) is 11.3 Å². The molecule has 1 aliphatic rings. The molecule has 4 heteroatoms. The van der Waals surface area contributed by atoms with E-state index in [1.54, 1.807) is 12.1 Å². The Hall–Kier alpha value is -1.03. The van der Waals surface area contributed by atoms with Crippen molar-refractivity contribution in [1.82, 2.24) is 0 Å². The molecule has 1 saturated carbocycles. The molecule has 0 unspecified atom stereocenters. The molecule has 0 heterocycles. The summed E-state index contributed by atoms with van der Waals surface area (Å²) in [4.78, 5) is 22.6. The third kappa shape index (κ3) is 1.94. The van der Waals surface area contributed by atoms with Gasteiger partial charge in [-0.2, -0.15) is 0 Å². The number of benzene rings is 1. The van der Waals surface area contributed by atoms with Crippen LogP contribution in [0.5, 0.6) is 0 Å². The summed E-state index contributed by atoms with van der Waals surface area (Å²) in [6, 6.07) is 3.25. The molecular formula is C12H12BrNO2. The van der Waals surface area contributed by atoms with Gasteiger partial charge >= 0.3 is 0 Å². The normalized spacial score (nSPS) is 15.6. The second-order valence-corrected chi connectivity index (χ2v) is 5.00. The number of carbonyl (C=O) groups excluding carboxylic acids is 1. The third-order valence-corrected chi connectivity index (χ3v) is 4.14. The fourth-order valence-electron chi connectivity index (χ4n) is 1.87. The van der Waals surface area contributed by atoms with E-state index >= 15 is 0 Å². The topological polar surface area (TPSA) is 46.5 Å². The molecule has 2 rings (SSSR count). The number of hydrogen-bond acceptors (Lipinski definition) is 3. The van der Waals surface area contributed by atoms with Crippen LogP contribution >= 0.6 is 15.9 Å². The van der Waals surface area contributed by atoms with Gasteiger partial charge in [-0.15, -0.1) is 4.91 Å². The molecular weight excluding hydrogens is 270 g/mol. The predicted octanol–water partition coefficient (Wildman–Crippen LogP) is 4.14. The van der Waals surface area contributed by atoms with E-state index in [2.05, 4.69) is 21.1 Å². The molecule has 0 aromatic heterocycles. The van der Waals surface area contributed by atoms with Gasteiger partial charge in [0.05, 0.1) is 0 Å². The van der Waals surface area contributed by atoms with Crippen LogP contribution in [0.4, 0.5) is 5.69 Å². The number of aryl methyl sites for hydroxylation is 1. The summed E-state index contributed by atoms with van der Waals surface area (Å²) in [6.07, 6.45) is 3.05. The van der Waals surface area contributed by atoms with Gasteiger partial charge in [0.2, 0.25) is 0 Å². The predicted molar refractivity (Wildman–Crippen MR) is 66.0 cm³/mol. The Morgan fingerprint density at radius 1 is 1.44 bits per heavy atom. The van der Waals surface area contributed by atoms with Crippen molar-refractivity contribution in [1.29, 1.82) is 0 Å². The summed E-state index contributed by atoms with van der Waals surface area (Å²) in [5, 5.41) is 2.90. The highest BCUT2D eigenvalue weighted by Crippen LogP contribution is 2.34. The summed E-state index contributed by atoms with van der Waals surface area (Å²) >= 11 is 3.40. The maximum Gasteiger partial charge on any atom is 0.167 e. The van der Waals surface area contributed by atoms with Crippen molar-refractivity contribution in [3.8, 4) is 0 Å². The van der Waals surface area contributed by atoms with Crippen LogP contribution in [0.25, 0.3) is 0 Å². The van der Waals surface area contributed by atoms with Crippen LogP contribution in [0.3, 0.4) is 0 Å². The van der Waals surface area contributed by atoms with Gasteiger partial charge < -0.3 is 0 Å². The summed E-state index contributed by atoms with van der Waals surface area (Å²) in [5.74, 6) is 0.268. The standard InChI is InChI=1S/C12H12BrNO2/c1-7-5-9(14-16)6-10(11(7)13)12(15)8-3-2-4-8/h5-6,8H,2-4H2,1H3. The van der Waals surface area contributed by atoms with Gasteiger partial charge in [0, 0.05) is 16.0 Å². The van der Waals surface area contributed by atoms with Gasteiger partial charge in [-0.05, 0) is 58.6 Å². The Morgan fingerprint density at radius 2 is 2.12 bits per heavy atom. The molecule has 1 aliphatic carbocycles. The molecule has 1 fully saturated rings. The van der Waals surface area contributed by atoms with E-state index in [9.17, 15) is 9.70 Å². The minimum atomic E-state index is 0.131. The third-order valence-electron chi connectivity index (χ3n) is 3.09. The van der Waals surface area contributed by atoms with Gasteiger partial charge in [-0.1, -0.05) is 6.42 Å². The second kappa shape index (κ2) is 4.45. The second-order valence-electron chi connectivity index (χ2n) is 4.21. The van der Waals surface area contributed by atoms with Crippen LogP contribution in [-0.2, 0) is 0 Å². The molecule has 0 bridgehead atoms. The molecule has 84 valence electrons. The molecule has 0 spiro atoms. The lowest BCUT2D eigenvalue weighted by atomic mass is 9.79. The number of ketones is 1. The largest absolute Gasteiger partial charge is 0.294 e. The number of hydrogen-bond donors (Lipinski definition) is 0. The Labute approximate surface area is 102 Å². The summed E-state index contributed by atoms with van der Waals surface area (Å²) in [5.41, 5.74) is 1.79. The Bertz CT molecular complexity index is 453. The number of rotatable bonds is 3. The van der Waals surface area contributed by atoms with Crippen LogP contribution < -0.4 is 0 Å². The van der Waals surface area contributed by atoms with Gasteiger partial charge in [0.1, 0.15) is 5.69 Å². The molecule has 0 N–H and O–H groups in total. The first-order chi connectivity index (χ1) is 7.63. The molecule has 16 heavy (non-hydrogen) atoms. The van der Waals surface area contributed by atoms with Gasteiger partial charge in [-0.3, -0.25) is 4.79 Å². The average Bonchev–Trinajstić information content (AvgIpc) is 2.19. The maximum atomic E-state index is 12.1. The Kier molecular flexibility index (Phi) is 3.19. The fourth-order valence-corrected chi connectivity index (χ4v) is 2.30. The molecule has 0 amide bonds. The SMILES string of the molecule is Cc1cc(N=O)cc(C(=O)C2CCC2)c1Br. The summed E-state index contributed by atoms with van der Waals surface area (Å²) in [6.45, 7) is 1.86. The molecule has 0 saturated heterocycles. The minimum absolute atomic E-state index is 0.131. The Balaban J connectivity index is 2.41. The molecule has 1 aromatic rings. The smallest absolute Gasteiger partial charge is 0.167 e. The zero-order valence-electron chi connectivity index (χ0n) is 9.00. The molecule has 0 atom stereocenters. The first-order valence-corrected chi connectivity index (χ1v) is 6.10. The average molecular weight is 282 g/mol. The number of carbonyl (C=O) groups is 1. The van der Waals surface area contributed by atoms with E-state index in [1.165, 1.54) is 0 Å².